The van der Waals surface area contributed by atoms with Gasteiger partial charge in [-0.25, -0.2) is 0 Å². The summed E-state index contributed by atoms with van der Waals surface area (Å²) < 4.78 is 41.9. The van der Waals surface area contributed by atoms with Crippen molar-refractivity contribution in [2.75, 3.05) is 33.8 Å². The van der Waals surface area contributed by atoms with Crippen molar-refractivity contribution in [2.24, 2.45) is 0 Å². The van der Waals surface area contributed by atoms with Crippen molar-refractivity contribution in [3.8, 4) is 0 Å². The average Bonchev–Trinajstić information content (AvgIpc) is 2.27. The third-order valence-corrected chi connectivity index (χ3v) is 8.54. The Kier molecular flexibility index (Phi) is 8.16. The lowest BCUT2D eigenvalue weighted by atomic mass is 10.5. The van der Waals surface area contributed by atoms with Gasteiger partial charge in [-0.3, -0.25) is 9.13 Å². The van der Waals surface area contributed by atoms with Crippen LogP contribution in [-0.4, -0.2) is 57.3 Å². The van der Waals surface area contributed by atoms with Gasteiger partial charge in [0.2, 0.25) is 0 Å². The van der Waals surface area contributed by atoms with Crippen molar-refractivity contribution < 1.29 is 41.6 Å². The minimum absolute atomic E-state index is 0.154. The monoisotopic (exact) mass is 338 g/mol. The molecule has 0 amide bonds. The van der Waals surface area contributed by atoms with E-state index in [2.05, 4.69) is 4.52 Å². The lowest BCUT2D eigenvalue weighted by molar-refractivity contribution is 0.120. The van der Waals surface area contributed by atoms with Gasteiger partial charge >= 0.3 is 24.0 Å². The molecule has 1 atom stereocenters. The van der Waals surface area contributed by atoms with E-state index in [-0.39, 0.29) is 6.61 Å². The Morgan fingerprint density at radius 3 is 1.84 bits per heavy atom. The van der Waals surface area contributed by atoms with Crippen molar-refractivity contribution >= 4 is 24.0 Å². The molecule has 9 nitrogen and oxygen atoms in total. The first-order valence-electron chi connectivity index (χ1n) is 5.26. The van der Waals surface area contributed by atoms with Crippen LogP contribution in [0.2, 0.25) is 6.04 Å². The van der Waals surface area contributed by atoms with Crippen LogP contribution in [-0.2, 0) is 26.9 Å². The maximum absolute atomic E-state index is 11.3. The SMILES string of the molecule is CO[Si](CCCOP(=O)(O)CP(=O)(O)O)(OC)OC. The molecule has 0 bridgehead atoms. The van der Waals surface area contributed by atoms with Crippen molar-refractivity contribution in [1.82, 2.24) is 0 Å². The molecule has 0 aliphatic heterocycles. The molecule has 0 spiro atoms. The van der Waals surface area contributed by atoms with Gasteiger partial charge in [0.05, 0.1) is 6.61 Å². The molecule has 0 aromatic heterocycles. The Bertz CT molecular complexity index is 344. The van der Waals surface area contributed by atoms with E-state index < -0.39 is 29.9 Å². The molecule has 12 heteroatoms. The minimum Gasteiger partial charge on any atom is -0.377 e. The molecule has 0 heterocycles. The summed E-state index contributed by atoms with van der Waals surface area (Å²) in [6.07, 6.45) is 0.299. The fourth-order valence-electron chi connectivity index (χ4n) is 1.33. The molecular weight excluding hydrogens is 318 g/mol. The summed E-state index contributed by atoms with van der Waals surface area (Å²) in [5, 5.41) is 0. The fourth-order valence-corrected chi connectivity index (χ4v) is 5.62. The summed E-state index contributed by atoms with van der Waals surface area (Å²) in [7, 11) is -7.34. The Balaban J connectivity index is 4.17. The summed E-state index contributed by atoms with van der Waals surface area (Å²) in [5.41, 5.74) is 0. The van der Waals surface area contributed by atoms with Crippen LogP contribution in [0.1, 0.15) is 6.42 Å². The molecule has 19 heavy (non-hydrogen) atoms. The molecule has 3 N–H and O–H groups in total. The van der Waals surface area contributed by atoms with E-state index in [9.17, 15) is 14.0 Å². The zero-order valence-electron chi connectivity index (χ0n) is 11.0. The smallest absolute Gasteiger partial charge is 0.377 e. The van der Waals surface area contributed by atoms with Gasteiger partial charge in [-0.15, -0.1) is 0 Å². The molecule has 0 saturated carbocycles. The molecular formula is C7H20O9P2Si. The zero-order valence-corrected chi connectivity index (χ0v) is 13.8. The standard InChI is InChI=1S/C7H20O9P2Si/c1-13-19(14-2,15-3)6-4-5-16-18(11,12)7-17(8,9)10/h4-7H2,1-3H3,(H,11,12)(H2,8,9,10). The highest BCUT2D eigenvalue weighted by Crippen LogP contribution is 2.55. The van der Waals surface area contributed by atoms with Crippen molar-refractivity contribution in [2.45, 2.75) is 12.5 Å². The van der Waals surface area contributed by atoms with Gasteiger partial charge in [0.15, 0.2) is 5.90 Å². The van der Waals surface area contributed by atoms with Crippen LogP contribution >= 0.6 is 15.2 Å². The van der Waals surface area contributed by atoms with Gasteiger partial charge in [-0.2, -0.15) is 0 Å². The lowest BCUT2D eigenvalue weighted by Gasteiger charge is -2.24. The molecule has 0 aromatic carbocycles. The first kappa shape index (κ1) is 19.4. The summed E-state index contributed by atoms with van der Waals surface area (Å²) in [4.78, 5) is 26.4. The maximum Gasteiger partial charge on any atom is 0.500 e. The number of rotatable bonds is 10. The summed E-state index contributed by atoms with van der Waals surface area (Å²) in [6, 6.07) is 0.354. The molecule has 116 valence electrons. The first-order valence-corrected chi connectivity index (χ1v) is 10.8. The van der Waals surface area contributed by atoms with Crippen LogP contribution in [0.3, 0.4) is 0 Å². The Hall–Kier alpha value is 0.397. The second-order valence-electron chi connectivity index (χ2n) is 3.68. The Morgan fingerprint density at radius 1 is 1.00 bits per heavy atom. The van der Waals surface area contributed by atoms with Gasteiger partial charge in [0, 0.05) is 27.4 Å². The van der Waals surface area contributed by atoms with Crippen molar-refractivity contribution in [3.63, 3.8) is 0 Å². The van der Waals surface area contributed by atoms with Gasteiger partial charge in [0.1, 0.15) is 0 Å². The van der Waals surface area contributed by atoms with Gasteiger partial charge in [-0.1, -0.05) is 0 Å². The van der Waals surface area contributed by atoms with E-state index in [0.717, 1.165) is 0 Å². The van der Waals surface area contributed by atoms with E-state index in [1.54, 1.807) is 0 Å². The highest BCUT2D eigenvalue weighted by molar-refractivity contribution is 7.70. The fraction of sp³-hybridized carbons (Fsp3) is 1.00. The topological polar surface area (TPSA) is 132 Å². The van der Waals surface area contributed by atoms with E-state index in [4.69, 9.17) is 23.1 Å². The third-order valence-electron chi connectivity index (χ3n) is 2.22. The van der Waals surface area contributed by atoms with Crippen molar-refractivity contribution in [1.29, 1.82) is 0 Å². The summed E-state index contributed by atoms with van der Waals surface area (Å²) in [6.45, 7) is -0.154. The number of hydrogen-bond acceptors (Lipinski definition) is 6. The van der Waals surface area contributed by atoms with Crippen LogP contribution in [0.15, 0.2) is 0 Å². The molecule has 0 radical (unpaired) electrons. The minimum atomic E-state index is -4.59. The van der Waals surface area contributed by atoms with Crippen LogP contribution in [0, 0.1) is 0 Å². The first-order chi connectivity index (χ1) is 8.60. The predicted molar refractivity (Wildman–Crippen MR) is 68.9 cm³/mol. The highest BCUT2D eigenvalue weighted by atomic mass is 31.2. The summed E-state index contributed by atoms with van der Waals surface area (Å²) >= 11 is 0. The van der Waals surface area contributed by atoms with Crippen molar-refractivity contribution in [3.05, 3.63) is 0 Å². The molecule has 0 rings (SSSR count). The van der Waals surface area contributed by atoms with E-state index in [0.29, 0.717) is 12.5 Å². The normalized spacial score (nSPS) is 16.3. The quantitative estimate of drug-likeness (QED) is 0.297. The maximum atomic E-state index is 11.3. The lowest BCUT2D eigenvalue weighted by Crippen LogP contribution is -2.42. The van der Waals surface area contributed by atoms with E-state index >= 15 is 0 Å². The molecule has 0 aliphatic carbocycles. The van der Waals surface area contributed by atoms with Gasteiger partial charge < -0.3 is 32.5 Å². The van der Waals surface area contributed by atoms with E-state index in [1.807, 2.05) is 0 Å². The second kappa shape index (κ2) is 7.99. The Morgan fingerprint density at radius 2 is 1.47 bits per heavy atom. The van der Waals surface area contributed by atoms with Gasteiger partial charge in [0.25, 0.3) is 0 Å². The molecule has 1 unspecified atom stereocenters. The second-order valence-corrected chi connectivity index (χ2v) is 10.8. The molecule has 0 aromatic rings. The van der Waals surface area contributed by atoms with Crippen LogP contribution < -0.4 is 0 Å². The molecule has 0 aliphatic rings. The highest BCUT2D eigenvalue weighted by Gasteiger charge is 2.37. The van der Waals surface area contributed by atoms with Gasteiger partial charge in [-0.05, 0) is 6.42 Å². The van der Waals surface area contributed by atoms with Crippen LogP contribution in [0.25, 0.3) is 0 Å². The zero-order chi connectivity index (χ0) is 15.2. The molecule has 0 saturated heterocycles. The third kappa shape index (κ3) is 8.31. The average molecular weight is 338 g/mol. The van der Waals surface area contributed by atoms with Crippen LogP contribution in [0.5, 0.6) is 0 Å². The summed E-state index contributed by atoms with van der Waals surface area (Å²) in [5.74, 6) is -1.19. The molecule has 0 fully saturated rings. The largest absolute Gasteiger partial charge is 0.500 e. The Labute approximate surface area is 112 Å². The van der Waals surface area contributed by atoms with Crippen LogP contribution in [0.4, 0.5) is 0 Å². The predicted octanol–water partition coefficient (Wildman–Crippen LogP) is 0.592. The van der Waals surface area contributed by atoms with E-state index in [1.165, 1.54) is 21.3 Å². The number of hydrogen-bond donors (Lipinski definition) is 3.